The van der Waals surface area contributed by atoms with E-state index >= 15 is 0 Å². The van der Waals surface area contributed by atoms with Crippen molar-refractivity contribution in [2.75, 3.05) is 32.6 Å². The first kappa shape index (κ1) is 17.3. The Labute approximate surface area is 121 Å². The molecule has 0 fully saturated rings. The molecule has 114 valence electrons. The summed E-state index contributed by atoms with van der Waals surface area (Å²) in [4.78, 5) is 6.11. The molecule has 0 bridgehead atoms. The Morgan fingerprint density at radius 3 is 2.25 bits per heavy atom. The van der Waals surface area contributed by atoms with Crippen LogP contribution in [-0.4, -0.2) is 42.5 Å². The standard InChI is InChI=1S/C14H25N2O3P/c1-4-16(12-9-14-7-10-15-11-8-14)13-20(17,18-5-2)19-6-3/h7-8,10-11H,4-6,9,12-13H2,1-3H3. The molecule has 1 heterocycles. The van der Waals surface area contributed by atoms with E-state index in [2.05, 4.69) is 16.8 Å². The SMILES string of the molecule is CCOP(=O)(CN(CC)CCc1ccncc1)OCC. The van der Waals surface area contributed by atoms with Gasteiger partial charge in [-0.25, -0.2) is 0 Å². The molecule has 0 radical (unpaired) electrons. The van der Waals surface area contributed by atoms with Crippen LogP contribution >= 0.6 is 7.60 Å². The summed E-state index contributed by atoms with van der Waals surface area (Å²) in [7, 11) is -3.00. The summed E-state index contributed by atoms with van der Waals surface area (Å²) in [5.74, 6) is 0. The van der Waals surface area contributed by atoms with Crippen molar-refractivity contribution >= 4 is 7.60 Å². The van der Waals surface area contributed by atoms with Crippen LogP contribution in [0.15, 0.2) is 24.5 Å². The van der Waals surface area contributed by atoms with Crippen LogP contribution in [0.4, 0.5) is 0 Å². The van der Waals surface area contributed by atoms with E-state index in [1.807, 2.05) is 26.0 Å². The van der Waals surface area contributed by atoms with Crippen LogP contribution in [-0.2, 0) is 20.0 Å². The number of nitrogens with zero attached hydrogens (tertiary/aromatic N) is 2. The van der Waals surface area contributed by atoms with Gasteiger partial charge in [-0.2, -0.15) is 0 Å². The highest BCUT2D eigenvalue weighted by molar-refractivity contribution is 7.53. The first-order chi connectivity index (χ1) is 9.63. The van der Waals surface area contributed by atoms with Gasteiger partial charge in [0.05, 0.1) is 13.2 Å². The van der Waals surface area contributed by atoms with Crippen molar-refractivity contribution in [2.45, 2.75) is 27.2 Å². The summed E-state index contributed by atoms with van der Waals surface area (Å²) >= 11 is 0. The molecular weight excluding hydrogens is 275 g/mol. The Bertz CT molecular complexity index is 404. The lowest BCUT2D eigenvalue weighted by Crippen LogP contribution is -2.28. The molecule has 5 nitrogen and oxygen atoms in total. The molecule has 0 aliphatic heterocycles. The fraction of sp³-hybridized carbons (Fsp3) is 0.643. The second kappa shape index (κ2) is 9.24. The minimum absolute atomic E-state index is 0.344. The molecule has 0 atom stereocenters. The second-order valence-electron chi connectivity index (χ2n) is 4.40. The summed E-state index contributed by atoms with van der Waals surface area (Å²) in [6, 6.07) is 4.00. The minimum Gasteiger partial charge on any atom is -0.308 e. The highest BCUT2D eigenvalue weighted by Crippen LogP contribution is 2.48. The van der Waals surface area contributed by atoms with Gasteiger partial charge < -0.3 is 9.05 Å². The predicted molar refractivity (Wildman–Crippen MR) is 80.9 cm³/mol. The van der Waals surface area contributed by atoms with Gasteiger partial charge in [0.25, 0.3) is 0 Å². The molecule has 0 saturated carbocycles. The molecule has 0 unspecified atom stereocenters. The predicted octanol–water partition coefficient (Wildman–Crippen LogP) is 3.17. The molecule has 0 N–H and O–H groups in total. The van der Waals surface area contributed by atoms with Gasteiger partial charge in [-0.1, -0.05) is 6.92 Å². The number of aromatic nitrogens is 1. The van der Waals surface area contributed by atoms with Crippen molar-refractivity contribution in [1.29, 1.82) is 0 Å². The van der Waals surface area contributed by atoms with Gasteiger partial charge in [-0.3, -0.25) is 14.4 Å². The zero-order chi connectivity index (χ0) is 14.8. The second-order valence-corrected chi connectivity index (χ2v) is 6.43. The van der Waals surface area contributed by atoms with Gasteiger partial charge >= 0.3 is 7.60 Å². The zero-order valence-electron chi connectivity index (χ0n) is 12.6. The average Bonchev–Trinajstić information content (AvgIpc) is 2.45. The largest absolute Gasteiger partial charge is 0.344 e. The first-order valence-electron chi connectivity index (χ1n) is 7.13. The van der Waals surface area contributed by atoms with Crippen molar-refractivity contribution in [2.24, 2.45) is 0 Å². The molecule has 6 heteroatoms. The van der Waals surface area contributed by atoms with Crippen LogP contribution in [0.5, 0.6) is 0 Å². The molecule has 0 aromatic carbocycles. The number of hydrogen-bond acceptors (Lipinski definition) is 5. The Morgan fingerprint density at radius 2 is 1.75 bits per heavy atom. The third-order valence-electron chi connectivity index (χ3n) is 2.94. The quantitative estimate of drug-likeness (QED) is 0.621. The van der Waals surface area contributed by atoms with Gasteiger partial charge in [0, 0.05) is 18.9 Å². The smallest absolute Gasteiger partial charge is 0.308 e. The highest BCUT2D eigenvalue weighted by atomic mass is 31.2. The molecule has 1 aromatic rings. The summed E-state index contributed by atoms with van der Waals surface area (Å²) in [5, 5.41) is 0. The molecule has 1 rings (SSSR count). The van der Waals surface area contributed by atoms with E-state index < -0.39 is 7.60 Å². The zero-order valence-corrected chi connectivity index (χ0v) is 13.5. The van der Waals surface area contributed by atoms with Gasteiger partial charge in [-0.15, -0.1) is 0 Å². The van der Waals surface area contributed by atoms with Crippen molar-refractivity contribution in [3.8, 4) is 0 Å². The molecule has 0 aliphatic carbocycles. The topological polar surface area (TPSA) is 51.7 Å². The van der Waals surface area contributed by atoms with E-state index in [4.69, 9.17) is 9.05 Å². The highest BCUT2D eigenvalue weighted by Gasteiger charge is 2.26. The number of rotatable bonds is 10. The number of likely N-dealkylation sites (N-methyl/N-ethyl adjacent to an activating group) is 1. The fourth-order valence-electron chi connectivity index (χ4n) is 1.92. The van der Waals surface area contributed by atoms with Crippen LogP contribution in [0, 0.1) is 0 Å². The maximum Gasteiger partial charge on any atom is 0.344 e. The van der Waals surface area contributed by atoms with Gasteiger partial charge in [-0.05, 0) is 44.5 Å². The third kappa shape index (κ3) is 6.14. The normalized spacial score (nSPS) is 12.0. The Morgan fingerprint density at radius 1 is 1.15 bits per heavy atom. The summed E-state index contributed by atoms with van der Waals surface area (Å²) in [5.41, 5.74) is 1.22. The lowest BCUT2D eigenvalue weighted by Gasteiger charge is -2.25. The lowest BCUT2D eigenvalue weighted by atomic mass is 10.2. The van der Waals surface area contributed by atoms with E-state index in [9.17, 15) is 4.57 Å². The van der Waals surface area contributed by atoms with Crippen LogP contribution in [0.2, 0.25) is 0 Å². The monoisotopic (exact) mass is 300 g/mol. The maximum absolute atomic E-state index is 12.5. The van der Waals surface area contributed by atoms with Crippen molar-refractivity contribution in [3.05, 3.63) is 30.1 Å². The van der Waals surface area contributed by atoms with E-state index in [1.54, 1.807) is 12.4 Å². The summed E-state index contributed by atoms with van der Waals surface area (Å²) in [6.07, 6.45) is 4.82. The summed E-state index contributed by atoms with van der Waals surface area (Å²) in [6.45, 7) is 8.16. The van der Waals surface area contributed by atoms with Gasteiger partial charge in [0.1, 0.15) is 6.29 Å². The molecule has 0 spiro atoms. The minimum atomic E-state index is -3.00. The van der Waals surface area contributed by atoms with Gasteiger partial charge in [0.2, 0.25) is 0 Å². The van der Waals surface area contributed by atoms with Gasteiger partial charge in [0.15, 0.2) is 0 Å². The first-order valence-corrected chi connectivity index (χ1v) is 8.85. The Kier molecular flexibility index (Phi) is 8.00. The molecule has 1 aromatic heterocycles. The number of pyridine rings is 1. The van der Waals surface area contributed by atoms with Crippen molar-refractivity contribution in [3.63, 3.8) is 0 Å². The van der Waals surface area contributed by atoms with Crippen LogP contribution in [0.3, 0.4) is 0 Å². The maximum atomic E-state index is 12.5. The molecule has 20 heavy (non-hydrogen) atoms. The van der Waals surface area contributed by atoms with Crippen LogP contribution < -0.4 is 0 Å². The van der Waals surface area contributed by atoms with Crippen molar-refractivity contribution in [1.82, 2.24) is 9.88 Å². The van der Waals surface area contributed by atoms with Crippen LogP contribution in [0.1, 0.15) is 26.3 Å². The molecule has 0 saturated heterocycles. The molecule has 0 aliphatic rings. The van der Waals surface area contributed by atoms with E-state index in [-0.39, 0.29) is 0 Å². The van der Waals surface area contributed by atoms with E-state index in [0.717, 1.165) is 19.5 Å². The molecule has 0 amide bonds. The average molecular weight is 300 g/mol. The Balaban J connectivity index is 2.54. The molecular formula is C14H25N2O3P. The van der Waals surface area contributed by atoms with Crippen molar-refractivity contribution < 1.29 is 13.6 Å². The number of hydrogen-bond donors (Lipinski definition) is 0. The van der Waals surface area contributed by atoms with Crippen LogP contribution in [0.25, 0.3) is 0 Å². The van der Waals surface area contributed by atoms with E-state index in [0.29, 0.717) is 19.5 Å². The fourth-order valence-corrected chi connectivity index (χ4v) is 3.78. The third-order valence-corrected chi connectivity index (χ3v) is 4.99. The Hall–Kier alpha value is -0.740. The lowest BCUT2D eigenvalue weighted by molar-refractivity contribution is 0.198. The summed E-state index contributed by atoms with van der Waals surface area (Å²) < 4.78 is 23.2. The van der Waals surface area contributed by atoms with E-state index in [1.165, 1.54) is 5.56 Å².